The molecule has 1 aromatic heterocycles. The van der Waals surface area contributed by atoms with Gasteiger partial charge in [0.05, 0.1) is 12.2 Å². The van der Waals surface area contributed by atoms with E-state index < -0.39 is 35.2 Å². The highest BCUT2D eigenvalue weighted by atomic mass is 19.1. The van der Waals surface area contributed by atoms with Gasteiger partial charge in [0, 0.05) is 17.3 Å². The normalized spacial score (nSPS) is 22.0. The van der Waals surface area contributed by atoms with Crippen molar-refractivity contribution >= 4 is 6.09 Å². The van der Waals surface area contributed by atoms with Gasteiger partial charge >= 0.3 is 6.09 Å². The fraction of sp³-hybridized carbons (Fsp3) is 0.625. The van der Waals surface area contributed by atoms with E-state index >= 15 is 0 Å². The molecule has 1 amide bonds. The van der Waals surface area contributed by atoms with E-state index in [2.05, 4.69) is 4.98 Å². The number of aromatic nitrogens is 1. The molecule has 1 N–H and O–H groups in total. The van der Waals surface area contributed by atoms with Gasteiger partial charge in [-0.3, -0.25) is 9.88 Å². The lowest BCUT2D eigenvalue weighted by Gasteiger charge is -2.56. The van der Waals surface area contributed by atoms with Gasteiger partial charge in [-0.15, -0.1) is 0 Å². The molecule has 1 saturated heterocycles. The Morgan fingerprint density at radius 1 is 1.50 bits per heavy atom. The maximum absolute atomic E-state index is 13.3. The minimum absolute atomic E-state index is 0.356. The molecule has 0 aromatic carbocycles. The van der Waals surface area contributed by atoms with Crippen LogP contribution in [0, 0.1) is 5.82 Å². The average Bonchev–Trinajstić information content (AvgIpc) is 2.33. The number of aliphatic hydroxyl groups is 1. The predicted molar refractivity (Wildman–Crippen MR) is 79.7 cm³/mol. The molecule has 2 rings (SSSR count). The first-order valence-electron chi connectivity index (χ1n) is 7.32. The smallest absolute Gasteiger partial charge is 0.411 e. The van der Waals surface area contributed by atoms with Crippen molar-refractivity contribution in [2.45, 2.75) is 64.3 Å². The van der Waals surface area contributed by atoms with Gasteiger partial charge in [0.1, 0.15) is 17.5 Å². The first kappa shape index (κ1) is 16.7. The van der Waals surface area contributed by atoms with E-state index in [1.807, 2.05) is 13.8 Å². The van der Waals surface area contributed by atoms with Crippen LogP contribution in [0.25, 0.3) is 0 Å². The molecule has 0 bridgehead atoms. The molecule has 2 atom stereocenters. The third kappa shape index (κ3) is 3.38. The van der Waals surface area contributed by atoms with Crippen molar-refractivity contribution in [2.24, 2.45) is 0 Å². The van der Waals surface area contributed by atoms with Crippen molar-refractivity contribution < 1.29 is 19.0 Å². The molecule has 1 fully saturated rings. The first-order chi connectivity index (χ1) is 10.0. The highest BCUT2D eigenvalue weighted by Crippen LogP contribution is 2.43. The molecule has 1 unspecified atom stereocenters. The van der Waals surface area contributed by atoms with Gasteiger partial charge in [0.15, 0.2) is 0 Å². The van der Waals surface area contributed by atoms with E-state index in [1.54, 1.807) is 20.8 Å². The molecule has 6 heteroatoms. The number of amides is 1. The van der Waals surface area contributed by atoms with Gasteiger partial charge in [0.2, 0.25) is 0 Å². The summed E-state index contributed by atoms with van der Waals surface area (Å²) < 4.78 is 18.7. The standard InChI is InChI=1S/C16H23FN2O3/c1-15(2,3)22-14(21)19-12(7-16(19,4)5)13(20)10-6-11(17)9-18-8-10/h6,8-9,12-13,20H,7H2,1-5H3/t12-,13?/m1/s1. The second-order valence-corrected chi connectivity index (χ2v) is 7.32. The summed E-state index contributed by atoms with van der Waals surface area (Å²) in [6.45, 7) is 9.19. The quantitative estimate of drug-likeness (QED) is 0.912. The zero-order chi connectivity index (χ0) is 16.7. The summed E-state index contributed by atoms with van der Waals surface area (Å²) >= 11 is 0. The topological polar surface area (TPSA) is 62.7 Å². The summed E-state index contributed by atoms with van der Waals surface area (Å²) in [6.07, 6.45) is 1.61. The minimum Gasteiger partial charge on any atom is -0.444 e. The van der Waals surface area contributed by atoms with Crippen LogP contribution in [0.2, 0.25) is 0 Å². The Balaban J connectivity index is 2.19. The zero-order valence-corrected chi connectivity index (χ0v) is 13.6. The molecule has 0 radical (unpaired) electrons. The Hall–Kier alpha value is -1.69. The molecule has 1 aliphatic heterocycles. The number of hydrogen-bond acceptors (Lipinski definition) is 4. The molecular formula is C16H23FN2O3. The lowest BCUT2D eigenvalue weighted by Crippen LogP contribution is -2.67. The van der Waals surface area contributed by atoms with Crippen molar-refractivity contribution in [2.75, 3.05) is 0 Å². The van der Waals surface area contributed by atoms with Crippen LogP contribution >= 0.6 is 0 Å². The van der Waals surface area contributed by atoms with Crippen LogP contribution in [-0.2, 0) is 4.74 Å². The summed E-state index contributed by atoms with van der Waals surface area (Å²) in [5.74, 6) is -0.515. The number of pyridine rings is 1. The maximum atomic E-state index is 13.3. The van der Waals surface area contributed by atoms with Crippen LogP contribution in [0.15, 0.2) is 18.5 Å². The van der Waals surface area contributed by atoms with E-state index in [0.29, 0.717) is 12.0 Å². The van der Waals surface area contributed by atoms with Crippen molar-refractivity contribution in [3.63, 3.8) is 0 Å². The molecular weight excluding hydrogens is 287 g/mol. The molecule has 2 heterocycles. The SMILES string of the molecule is CC(C)(C)OC(=O)N1[C@@H](C(O)c2cncc(F)c2)CC1(C)C. The Labute approximate surface area is 130 Å². The molecule has 122 valence electrons. The van der Waals surface area contributed by atoms with Crippen molar-refractivity contribution in [3.8, 4) is 0 Å². The van der Waals surface area contributed by atoms with Crippen LogP contribution in [0.3, 0.4) is 0 Å². The van der Waals surface area contributed by atoms with Crippen molar-refractivity contribution in [1.82, 2.24) is 9.88 Å². The summed E-state index contributed by atoms with van der Waals surface area (Å²) in [7, 11) is 0. The Morgan fingerprint density at radius 3 is 2.64 bits per heavy atom. The molecule has 22 heavy (non-hydrogen) atoms. The van der Waals surface area contributed by atoms with E-state index in [0.717, 1.165) is 6.20 Å². The highest BCUT2D eigenvalue weighted by Gasteiger charge is 2.52. The van der Waals surface area contributed by atoms with Crippen LogP contribution in [0.5, 0.6) is 0 Å². The van der Waals surface area contributed by atoms with Gasteiger partial charge in [-0.05, 0) is 47.1 Å². The highest BCUT2D eigenvalue weighted by molar-refractivity contribution is 5.71. The fourth-order valence-electron chi connectivity index (χ4n) is 2.80. The van der Waals surface area contributed by atoms with Crippen LogP contribution in [-0.4, -0.2) is 38.3 Å². The lowest BCUT2D eigenvalue weighted by molar-refractivity contribution is -0.105. The third-order valence-corrected chi connectivity index (χ3v) is 3.71. The second kappa shape index (κ2) is 5.50. The van der Waals surface area contributed by atoms with Gasteiger partial charge in [-0.1, -0.05) is 0 Å². The van der Waals surface area contributed by atoms with Crippen LogP contribution < -0.4 is 0 Å². The molecule has 5 nitrogen and oxygen atoms in total. The number of hydrogen-bond donors (Lipinski definition) is 1. The van der Waals surface area contributed by atoms with Gasteiger partial charge in [-0.25, -0.2) is 9.18 Å². The maximum Gasteiger partial charge on any atom is 0.411 e. The zero-order valence-electron chi connectivity index (χ0n) is 13.6. The number of carbonyl (C=O) groups excluding carboxylic acids is 1. The van der Waals surface area contributed by atoms with Crippen molar-refractivity contribution in [1.29, 1.82) is 0 Å². The lowest BCUT2D eigenvalue weighted by atomic mass is 9.78. The number of nitrogens with zero attached hydrogens (tertiary/aromatic N) is 2. The minimum atomic E-state index is -0.997. The van der Waals surface area contributed by atoms with Gasteiger partial charge in [0.25, 0.3) is 0 Å². The largest absolute Gasteiger partial charge is 0.444 e. The molecule has 1 aromatic rings. The number of rotatable bonds is 2. The van der Waals surface area contributed by atoms with E-state index in [1.165, 1.54) is 17.2 Å². The Kier molecular flexibility index (Phi) is 4.17. The first-order valence-corrected chi connectivity index (χ1v) is 7.32. The van der Waals surface area contributed by atoms with E-state index in [4.69, 9.17) is 4.74 Å². The van der Waals surface area contributed by atoms with Crippen LogP contribution in [0.4, 0.5) is 9.18 Å². The molecule has 0 saturated carbocycles. The monoisotopic (exact) mass is 310 g/mol. The fourth-order valence-corrected chi connectivity index (χ4v) is 2.80. The third-order valence-electron chi connectivity index (χ3n) is 3.71. The molecule has 0 aliphatic carbocycles. The number of aliphatic hydroxyl groups excluding tert-OH is 1. The number of halogens is 1. The Bertz CT molecular complexity index is 569. The summed E-state index contributed by atoms with van der Waals surface area (Å²) in [4.78, 5) is 17.6. The average molecular weight is 310 g/mol. The number of carbonyl (C=O) groups is 1. The summed E-state index contributed by atoms with van der Waals surface area (Å²) in [5.41, 5.74) is -0.665. The Morgan fingerprint density at radius 2 is 2.14 bits per heavy atom. The summed E-state index contributed by atoms with van der Waals surface area (Å²) in [6, 6.07) is 0.782. The number of ether oxygens (including phenoxy) is 1. The second-order valence-electron chi connectivity index (χ2n) is 7.32. The molecule has 0 spiro atoms. The number of likely N-dealkylation sites (tertiary alicyclic amines) is 1. The summed E-state index contributed by atoms with van der Waals surface area (Å²) in [5, 5.41) is 10.5. The van der Waals surface area contributed by atoms with Gasteiger partial charge < -0.3 is 9.84 Å². The molecule has 1 aliphatic rings. The van der Waals surface area contributed by atoms with Crippen molar-refractivity contribution in [3.05, 3.63) is 29.8 Å². The van der Waals surface area contributed by atoms with E-state index in [-0.39, 0.29) is 0 Å². The van der Waals surface area contributed by atoms with Gasteiger partial charge in [-0.2, -0.15) is 0 Å². The predicted octanol–water partition coefficient (Wildman–Crippen LogP) is 3.04. The van der Waals surface area contributed by atoms with E-state index in [9.17, 15) is 14.3 Å². The van der Waals surface area contributed by atoms with Crippen LogP contribution in [0.1, 0.15) is 52.7 Å².